The summed E-state index contributed by atoms with van der Waals surface area (Å²) in [5.41, 5.74) is 0.906. The van der Waals surface area contributed by atoms with Crippen molar-refractivity contribution in [1.29, 1.82) is 0 Å². The summed E-state index contributed by atoms with van der Waals surface area (Å²) < 4.78 is 62.5. The van der Waals surface area contributed by atoms with Crippen molar-refractivity contribution in [3.8, 4) is 5.75 Å². The predicted octanol–water partition coefficient (Wildman–Crippen LogP) is 4.55. The van der Waals surface area contributed by atoms with E-state index in [1.54, 1.807) is 30.3 Å². The van der Waals surface area contributed by atoms with E-state index in [2.05, 4.69) is 5.32 Å². The summed E-state index contributed by atoms with van der Waals surface area (Å²) in [6.45, 7) is -1.06. The minimum atomic E-state index is -4.38. The van der Waals surface area contributed by atoms with Gasteiger partial charge in [-0.05, 0) is 60.2 Å². The Hall–Kier alpha value is -4.77. The van der Waals surface area contributed by atoms with Crippen molar-refractivity contribution in [2.45, 2.75) is 23.9 Å². The topological polar surface area (TPSA) is 96.0 Å². The van der Waals surface area contributed by atoms with Gasteiger partial charge in [0.2, 0.25) is 11.8 Å². The van der Waals surface area contributed by atoms with Crippen LogP contribution < -0.4 is 14.4 Å². The highest BCUT2D eigenvalue weighted by Crippen LogP contribution is 2.27. The number of benzene rings is 4. The zero-order chi connectivity index (χ0) is 31.0. The van der Waals surface area contributed by atoms with E-state index in [0.29, 0.717) is 5.75 Å². The van der Waals surface area contributed by atoms with Gasteiger partial charge in [-0.2, -0.15) is 0 Å². The SMILES string of the molecule is CNC(=O)[C@@H](Cc1ccccc1)N(Cc1ccccc1F)C(=O)CN(c1ccc(F)cc1)S(=O)(=O)c1ccc(OC)cc1. The van der Waals surface area contributed by atoms with Gasteiger partial charge < -0.3 is 15.0 Å². The molecule has 0 aliphatic rings. The molecule has 43 heavy (non-hydrogen) atoms. The Bertz CT molecular complexity index is 1650. The lowest BCUT2D eigenvalue weighted by molar-refractivity contribution is -0.139. The molecule has 1 N–H and O–H groups in total. The summed E-state index contributed by atoms with van der Waals surface area (Å²) in [6, 6.07) is 23.9. The molecule has 4 aromatic rings. The third kappa shape index (κ3) is 7.55. The third-order valence-corrected chi connectivity index (χ3v) is 8.65. The lowest BCUT2D eigenvalue weighted by Gasteiger charge is -2.33. The molecular weight excluding hydrogens is 576 g/mol. The molecule has 0 aliphatic carbocycles. The first kappa shape index (κ1) is 31.2. The summed E-state index contributed by atoms with van der Waals surface area (Å²) >= 11 is 0. The van der Waals surface area contributed by atoms with Crippen molar-refractivity contribution in [2.75, 3.05) is 25.0 Å². The first-order valence-electron chi connectivity index (χ1n) is 13.3. The number of hydrogen-bond donors (Lipinski definition) is 1. The average molecular weight is 608 g/mol. The van der Waals surface area contributed by atoms with Crippen molar-refractivity contribution >= 4 is 27.5 Å². The molecule has 11 heteroatoms. The van der Waals surface area contributed by atoms with Gasteiger partial charge in [-0.1, -0.05) is 48.5 Å². The number of likely N-dealkylation sites (N-methyl/N-ethyl adjacent to an activating group) is 1. The quantitative estimate of drug-likeness (QED) is 0.255. The van der Waals surface area contributed by atoms with Crippen LogP contribution in [0.1, 0.15) is 11.1 Å². The number of hydrogen-bond acceptors (Lipinski definition) is 5. The van der Waals surface area contributed by atoms with Gasteiger partial charge >= 0.3 is 0 Å². The number of carbonyl (C=O) groups is 2. The summed E-state index contributed by atoms with van der Waals surface area (Å²) in [5, 5.41) is 2.57. The number of halogens is 2. The van der Waals surface area contributed by atoms with E-state index in [9.17, 15) is 26.8 Å². The van der Waals surface area contributed by atoms with Crippen molar-refractivity contribution in [2.24, 2.45) is 0 Å². The summed E-state index contributed by atoms with van der Waals surface area (Å²) in [5.74, 6) is -2.04. The van der Waals surface area contributed by atoms with E-state index in [1.165, 1.54) is 73.7 Å². The number of sulfonamides is 1. The van der Waals surface area contributed by atoms with E-state index in [-0.39, 0.29) is 29.1 Å². The standard InChI is InChI=1S/C32H31F2N3O5S/c1-35-32(39)30(20-23-8-4-3-5-9-23)36(21-24-10-6-7-11-29(24)34)31(38)22-37(26-14-12-25(33)13-15-26)43(40,41)28-18-16-27(42-2)17-19-28/h3-19,30H,20-22H2,1-2H3,(H,35,39)/t30-/m1/s1. The first-order chi connectivity index (χ1) is 20.6. The number of amides is 2. The molecule has 0 bridgehead atoms. The fraction of sp³-hybridized carbons (Fsp3) is 0.188. The van der Waals surface area contributed by atoms with Gasteiger partial charge in [-0.3, -0.25) is 13.9 Å². The van der Waals surface area contributed by atoms with Crippen molar-refractivity contribution < 1.29 is 31.5 Å². The van der Waals surface area contributed by atoms with E-state index >= 15 is 0 Å². The smallest absolute Gasteiger partial charge is 0.264 e. The molecule has 0 aromatic heterocycles. The molecule has 0 spiro atoms. The lowest BCUT2D eigenvalue weighted by atomic mass is 10.0. The third-order valence-electron chi connectivity index (χ3n) is 6.86. The lowest BCUT2D eigenvalue weighted by Crippen LogP contribution is -2.53. The Labute approximate surface area is 249 Å². The van der Waals surface area contributed by atoms with Crippen LogP contribution in [0.3, 0.4) is 0 Å². The van der Waals surface area contributed by atoms with Crippen LogP contribution in [-0.4, -0.2) is 51.9 Å². The fourth-order valence-corrected chi connectivity index (χ4v) is 5.96. The predicted molar refractivity (Wildman–Crippen MR) is 159 cm³/mol. The molecule has 0 radical (unpaired) electrons. The highest BCUT2D eigenvalue weighted by atomic mass is 32.2. The molecule has 0 saturated carbocycles. The van der Waals surface area contributed by atoms with Crippen LogP contribution in [0, 0.1) is 11.6 Å². The van der Waals surface area contributed by atoms with Crippen molar-refractivity contribution in [3.63, 3.8) is 0 Å². The summed E-state index contributed by atoms with van der Waals surface area (Å²) in [7, 11) is -1.52. The second-order valence-electron chi connectivity index (χ2n) is 9.60. The van der Waals surface area contributed by atoms with Gasteiger partial charge in [0.05, 0.1) is 17.7 Å². The molecule has 0 aliphatic heterocycles. The number of rotatable bonds is 12. The largest absolute Gasteiger partial charge is 0.497 e. The van der Waals surface area contributed by atoms with E-state index in [4.69, 9.17) is 4.74 Å². The molecule has 0 unspecified atom stereocenters. The Morgan fingerprint density at radius 2 is 1.49 bits per heavy atom. The van der Waals surface area contributed by atoms with Gasteiger partial charge in [-0.15, -0.1) is 0 Å². The molecule has 4 aromatic carbocycles. The monoisotopic (exact) mass is 607 g/mol. The molecule has 4 rings (SSSR count). The minimum Gasteiger partial charge on any atom is -0.497 e. The zero-order valence-corrected chi connectivity index (χ0v) is 24.4. The second kappa shape index (κ2) is 13.9. The van der Waals surface area contributed by atoms with Crippen LogP contribution in [0.15, 0.2) is 108 Å². The summed E-state index contributed by atoms with van der Waals surface area (Å²) in [6.07, 6.45) is 0.0858. The minimum absolute atomic E-state index is 0.0240. The van der Waals surface area contributed by atoms with Gasteiger partial charge in [-0.25, -0.2) is 17.2 Å². The normalized spacial score (nSPS) is 11.8. The van der Waals surface area contributed by atoms with Crippen molar-refractivity contribution in [3.05, 3.63) is 126 Å². The summed E-state index contributed by atoms with van der Waals surface area (Å²) in [4.78, 5) is 28.4. The maximum atomic E-state index is 14.8. The number of carbonyl (C=O) groups excluding carboxylic acids is 2. The molecule has 224 valence electrons. The first-order valence-corrected chi connectivity index (χ1v) is 14.8. The molecule has 0 fully saturated rings. The van der Waals surface area contributed by atoms with Gasteiger partial charge in [0, 0.05) is 25.6 Å². The van der Waals surface area contributed by atoms with Crippen LogP contribution in [0.25, 0.3) is 0 Å². The van der Waals surface area contributed by atoms with Crippen LogP contribution in [0.5, 0.6) is 5.75 Å². The zero-order valence-electron chi connectivity index (χ0n) is 23.6. The highest BCUT2D eigenvalue weighted by molar-refractivity contribution is 7.92. The van der Waals surface area contributed by atoms with Gasteiger partial charge in [0.25, 0.3) is 10.0 Å². The maximum Gasteiger partial charge on any atom is 0.264 e. The molecule has 8 nitrogen and oxygen atoms in total. The van der Waals surface area contributed by atoms with Crippen LogP contribution in [0.4, 0.5) is 14.5 Å². The van der Waals surface area contributed by atoms with E-state index in [1.807, 2.05) is 6.07 Å². The molecule has 0 heterocycles. The molecule has 1 atom stereocenters. The van der Waals surface area contributed by atoms with Crippen LogP contribution in [0.2, 0.25) is 0 Å². The number of nitrogens with zero attached hydrogens (tertiary/aromatic N) is 2. The Balaban J connectivity index is 1.79. The number of anilines is 1. The van der Waals surface area contributed by atoms with Crippen LogP contribution in [-0.2, 0) is 32.6 Å². The highest BCUT2D eigenvalue weighted by Gasteiger charge is 2.34. The number of methoxy groups -OCH3 is 1. The number of ether oxygens (including phenoxy) is 1. The van der Waals surface area contributed by atoms with Gasteiger partial charge in [0.15, 0.2) is 0 Å². The molecular formula is C32H31F2N3O5S. The Morgan fingerprint density at radius 3 is 2.09 bits per heavy atom. The Kier molecular flexibility index (Phi) is 10.1. The number of nitrogens with one attached hydrogen (secondary N) is 1. The molecule has 2 amide bonds. The van der Waals surface area contributed by atoms with E-state index in [0.717, 1.165) is 22.0 Å². The van der Waals surface area contributed by atoms with Crippen molar-refractivity contribution in [1.82, 2.24) is 10.2 Å². The van der Waals surface area contributed by atoms with Crippen LogP contribution >= 0.6 is 0 Å². The molecule has 0 saturated heterocycles. The Morgan fingerprint density at radius 1 is 0.860 bits per heavy atom. The maximum absolute atomic E-state index is 14.8. The second-order valence-corrected chi connectivity index (χ2v) is 11.5. The fourth-order valence-electron chi connectivity index (χ4n) is 4.54. The average Bonchev–Trinajstić information content (AvgIpc) is 3.02. The van der Waals surface area contributed by atoms with Gasteiger partial charge in [0.1, 0.15) is 30.0 Å². The van der Waals surface area contributed by atoms with E-state index < -0.39 is 46.1 Å².